The van der Waals surface area contributed by atoms with Gasteiger partial charge in [-0.2, -0.15) is 0 Å². The first-order valence-corrected chi connectivity index (χ1v) is 6.93. The Balaban J connectivity index is 2.91. The third kappa shape index (κ3) is 3.04. The maximum Gasteiger partial charge on any atom is 0.243 e. The number of nitrogens with two attached hydrogens (primary N) is 1. The largest absolute Gasteiger partial charge is 0.368 e. The second kappa shape index (κ2) is 6.02. The van der Waals surface area contributed by atoms with Crippen molar-refractivity contribution in [3.05, 3.63) is 0 Å². The van der Waals surface area contributed by atoms with E-state index in [1.54, 1.807) is 0 Å². The van der Waals surface area contributed by atoms with Gasteiger partial charge in [0.05, 0.1) is 6.10 Å². The molecule has 3 unspecified atom stereocenters. The van der Waals surface area contributed by atoms with Crippen molar-refractivity contribution in [2.45, 2.75) is 52.7 Å². The monoisotopic (exact) mass is 256 g/mol. The molecule has 0 spiro atoms. The Morgan fingerprint density at radius 1 is 1.56 bits per heavy atom. The van der Waals surface area contributed by atoms with E-state index >= 15 is 0 Å². The third-order valence-electron chi connectivity index (χ3n) is 4.71. The lowest BCUT2D eigenvalue weighted by Crippen LogP contribution is -2.58. The molecule has 4 nitrogen and oxygen atoms in total. The lowest BCUT2D eigenvalue weighted by molar-refractivity contribution is -0.146. The minimum Gasteiger partial charge on any atom is -0.368 e. The van der Waals surface area contributed by atoms with Gasteiger partial charge in [-0.15, -0.1) is 0 Å². The molecular weight excluding hydrogens is 228 g/mol. The average Bonchev–Trinajstić information content (AvgIpc) is 2.29. The highest BCUT2D eigenvalue weighted by molar-refractivity contribution is 5.75. The molecule has 1 amide bonds. The van der Waals surface area contributed by atoms with Gasteiger partial charge < -0.3 is 15.4 Å². The second-order valence-corrected chi connectivity index (χ2v) is 6.06. The third-order valence-corrected chi connectivity index (χ3v) is 4.71. The molecule has 0 aromatic carbocycles. The van der Waals surface area contributed by atoms with Crippen LogP contribution in [-0.4, -0.2) is 43.2 Å². The number of likely N-dealkylation sites (tertiary alicyclic amines) is 1. The SMILES string of the molecule is CCC1C(OCC(N)=O)C(C)(C(C)C)CCN1C. The van der Waals surface area contributed by atoms with Crippen LogP contribution in [-0.2, 0) is 9.53 Å². The number of likely N-dealkylation sites (N-methyl/N-ethyl adjacent to an activating group) is 1. The molecule has 1 saturated heterocycles. The zero-order chi connectivity index (χ0) is 13.9. The normalized spacial score (nSPS) is 33.9. The molecule has 1 heterocycles. The first-order valence-electron chi connectivity index (χ1n) is 6.93. The minimum atomic E-state index is -0.385. The Labute approximate surface area is 111 Å². The number of primary amides is 1. The van der Waals surface area contributed by atoms with Crippen LogP contribution in [0.25, 0.3) is 0 Å². The van der Waals surface area contributed by atoms with Crippen LogP contribution in [0.3, 0.4) is 0 Å². The molecule has 2 N–H and O–H groups in total. The molecule has 1 aliphatic heterocycles. The summed E-state index contributed by atoms with van der Waals surface area (Å²) < 4.78 is 5.88. The van der Waals surface area contributed by atoms with Crippen molar-refractivity contribution in [3.63, 3.8) is 0 Å². The summed E-state index contributed by atoms with van der Waals surface area (Å²) in [5.41, 5.74) is 5.33. The fourth-order valence-corrected chi connectivity index (χ4v) is 3.01. The van der Waals surface area contributed by atoms with E-state index in [0.29, 0.717) is 12.0 Å². The molecule has 0 aromatic heterocycles. The van der Waals surface area contributed by atoms with Gasteiger partial charge in [0.2, 0.25) is 5.91 Å². The van der Waals surface area contributed by atoms with Crippen LogP contribution < -0.4 is 5.73 Å². The number of hydrogen-bond acceptors (Lipinski definition) is 3. The van der Waals surface area contributed by atoms with Gasteiger partial charge in [-0.25, -0.2) is 0 Å². The fraction of sp³-hybridized carbons (Fsp3) is 0.929. The highest BCUT2D eigenvalue weighted by Gasteiger charge is 2.46. The van der Waals surface area contributed by atoms with E-state index in [1.807, 2.05) is 0 Å². The maximum atomic E-state index is 11.0. The zero-order valence-corrected chi connectivity index (χ0v) is 12.4. The van der Waals surface area contributed by atoms with Crippen molar-refractivity contribution in [2.24, 2.45) is 17.1 Å². The molecule has 0 radical (unpaired) electrons. The van der Waals surface area contributed by atoms with E-state index in [9.17, 15) is 4.79 Å². The van der Waals surface area contributed by atoms with E-state index < -0.39 is 0 Å². The number of carbonyl (C=O) groups excluding carboxylic acids is 1. The highest BCUT2D eigenvalue weighted by atomic mass is 16.5. The smallest absolute Gasteiger partial charge is 0.243 e. The minimum absolute atomic E-state index is 0.0251. The Morgan fingerprint density at radius 3 is 2.61 bits per heavy atom. The van der Waals surface area contributed by atoms with Crippen molar-refractivity contribution in [1.29, 1.82) is 0 Å². The van der Waals surface area contributed by atoms with E-state index in [0.717, 1.165) is 19.4 Å². The van der Waals surface area contributed by atoms with Crippen molar-refractivity contribution >= 4 is 5.91 Å². The van der Waals surface area contributed by atoms with E-state index in [4.69, 9.17) is 10.5 Å². The Hall–Kier alpha value is -0.610. The topological polar surface area (TPSA) is 55.6 Å². The molecule has 18 heavy (non-hydrogen) atoms. The molecule has 3 atom stereocenters. The summed E-state index contributed by atoms with van der Waals surface area (Å²) in [4.78, 5) is 13.3. The molecule has 4 heteroatoms. The maximum absolute atomic E-state index is 11.0. The first-order chi connectivity index (χ1) is 8.32. The summed E-state index contributed by atoms with van der Waals surface area (Å²) >= 11 is 0. The summed E-state index contributed by atoms with van der Waals surface area (Å²) in [6.45, 7) is 10.0. The molecule has 0 aliphatic carbocycles. The van der Waals surface area contributed by atoms with E-state index in [1.165, 1.54) is 0 Å². The number of hydrogen-bond donors (Lipinski definition) is 1. The summed E-state index contributed by atoms with van der Waals surface area (Å²) in [5, 5.41) is 0. The lowest BCUT2D eigenvalue weighted by Gasteiger charge is -2.51. The summed E-state index contributed by atoms with van der Waals surface area (Å²) in [7, 11) is 2.13. The molecule has 106 valence electrons. The second-order valence-electron chi connectivity index (χ2n) is 6.06. The number of nitrogens with zero attached hydrogens (tertiary/aromatic N) is 1. The van der Waals surface area contributed by atoms with Crippen molar-refractivity contribution < 1.29 is 9.53 Å². The van der Waals surface area contributed by atoms with Crippen LogP contribution in [0.4, 0.5) is 0 Å². The summed E-state index contributed by atoms with van der Waals surface area (Å²) in [5.74, 6) is 0.141. The van der Waals surface area contributed by atoms with Crippen LogP contribution in [0.15, 0.2) is 0 Å². The van der Waals surface area contributed by atoms with Gasteiger partial charge in [0.15, 0.2) is 0 Å². The number of piperidine rings is 1. The molecule has 1 rings (SSSR count). The number of amides is 1. The van der Waals surface area contributed by atoms with Gasteiger partial charge >= 0.3 is 0 Å². The van der Waals surface area contributed by atoms with E-state index in [-0.39, 0.29) is 24.0 Å². The van der Waals surface area contributed by atoms with E-state index in [2.05, 4.69) is 39.6 Å². The van der Waals surface area contributed by atoms with Gasteiger partial charge in [-0.1, -0.05) is 27.7 Å². The van der Waals surface area contributed by atoms with Gasteiger partial charge in [0, 0.05) is 6.04 Å². The number of carbonyl (C=O) groups is 1. The van der Waals surface area contributed by atoms with Gasteiger partial charge in [0.25, 0.3) is 0 Å². The summed E-state index contributed by atoms with van der Waals surface area (Å²) in [6.07, 6.45) is 2.21. The van der Waals surface area contributed by atoms with Crippen LogP contribution in [0.5, 0.6) is 0 Å². The summed E-state index contributed by atoms with van der Waals surface area (Å²) in [6, 6.07) is 0.366. The van der Waals surface area contributed by atoms with Crippen molar-refractivity contribution in [1.82, 2.24) is 4.90 Å². The van der Waals surface area contributed by atoms with Crippen molar-refractivity contribution in [2.75, 3.05) is 20.2 Å². The molecule has 0 bridgehead atoms. The quantitative estimate of drug-likeness (QED) is 0.813. The van der Waals surface area contributed by atoms with Crippen LogP contribution in [0, 0.1) is 11.3 Å². The average molecular weight is 256 g/mol. The standard InChI is InChI=1S/C14H28N2O2/c1-6-11-13(18-9-12(15)17)14(4,10(2)3)7-8-16(11)5/h10-11,13H,6-9H2,1-5H3,(H2,15,17). The molecule has 0 saturated carbocycles. The highest BCUT2D eigenvalue weighted by Crippen LogP contribution is 2.43. The van der Waals surface area contributed by atoms with Gasteiger partial charge in [0.1, 0.15) is 6.61 Å². The van der Waals surface area contributed by atoms with Crippen molar-refractivity contribution in [3.8, 4) is 0 Å². The zero-order valence-electron chi connectivity index (χ0n) is 12.4. The van der Waals surface area contributed by atoms with Gasteiger partial charge in [-0.05, 0) is 37.8 Å². The van der Waals surface area contributed by atoms with Crippen LogP contribution in [0.2, 0.25) is 0 Å². The van der Waals surface area contributed by atoms with Crippen LogP contribution >= 0.6 is 0 Å². The Morgan fingerprint density at radius 2 is 2.17 bits per heavy atom. The molecule has 0 aromatic rings. The Kier molecular flexibility index (Phi) is 5.17. The molecule has 1 fully saturated rings. The Bertz CT molecular complexity index is 294. The first kappa shape index (κ1) is 15.4. The number of ether oxygens (including phenoxy) is 1. The lowest BCUT2D eigenvalue weighted by atomic mass is 9.67. The number of rotatable bonds is 5. The predicted octanol–water partition coefficient (Wildman–Crippen LogP) is 1.63. The molecule has 1 aliphatic rings. The van der Waals surface area contributed by atoms with Crippen LogP contribution in [0.1, 0.15) is 40.5 Å². The fourth-order valence-electron chi connectivity index (χ4n) is 3.01. The molecular formula is C14H28N2O2. The van der Waals surface area contributed by atoms with Gasteiger partial charge in [-0.3, -0.25) is 4.79 Å². The predicted molar refractivity (Wildman–Crippen MR) is 73.2 cm³/mol.